The highest BCUT2D eigenvalue weighted by Crippen LogP contribution is 2.44. The monoisotopic (exact) mass is 438 g/mol. The molecule has 0 aliphatic heterocycles. The number of nitrogens with one attached hydrogen (secondary N) is 2. The van der Waals surface area contributed by atoms with Gasteiger partial charge in [-0.05, 0) is 35.1 Å². The van der Waals surface area contributed by atoms with Gasteiger partial charge in [0.1, 0.15) is 6.61 Å². The van der Waals surface area contributed by atoms with E-state index in [-0.39, 0.29) is 37.3 Å². The topological polar surface area (TPSA) is 105 Å². The molecule has 3 N–H and O–H groups in total. The number of alkyl carbamates (subject to hydrolysis) is 1. The van der Waals surface area contributed by atoms with Crippen LogP contribution in [0.25, 0.3) is 11.1 Å². The number of carbonyl (C=O) groups excluding carboxylic acids is 2. The zero-order chi connectivity index (χ0) is 23.3. The van der Waals surface area contributed by atoms with Crippen molar-refractivity contribution in [3.8, 4) is 11.1 Å². The minimum Gasteiger partial charge on any atom is -0.481 e. The van der Waals surface area contributed by atoms with Crippen molar-refractivity contribution in [3.63, 3.8) is 0 Å². The summed E-state index contributed by atoms with van der Waals surface area (Å²) < 4.78 is 5.52. The molecule has 0 heterocycles. The summed E-state index contributed by atoms with van der Waals surface area (Å²) in [5.41, 5.74) is 4.58. The molecule has 0 saturated carbocycles. The Morgan fingerprint density at radius 3 is 2.06 bits per heavy atom. The van der Waals surface area contributed by atoms with Gasteiger partial charge in [0.2, 0.25) is 5.91 Å². The van der Waals surface area contributed by atoms with Gasteiger partial charge in [0, 0.05) is 18.5 Å². The van der Waals surface area contributed by atoms with Crippen molar-refractivity contribution < 1.29 is 24.2 Å². The Kier molecular flexibility index (Phi) is 7.51. The lowest BCUT2D eigenvalue weighted by Gasteiger charge is -2.23. The van der Waals surface area contributed by atoms with Gasteiger partial charge >= 0.3 is 12.1 Å². The number of carboxylic acid groups (broad SMARTS) is 1. The minimum atomic E-state index is -0.976. The summed E-state index contributed by atoms with van der Waals surface area (Å²) in [5.74, 6) is -1.83. The summed E-state index contributed by atoms with van der Waals surface area (Å²) in [6.45, 7) is 5.72. The van der Waals surface area contributed by atoms with Gasteiger partial charge in [-0.25, -0.2) is 4.79 Å². The first-order chi connectivity index (χ1) is 15.3. The van der Waals surface area contributed by atoms with Crippen LogP contribution in [0.4, 0.5) is 4.79 Å². The van der Waals surface area contributed by atoms with Crippen LogP contribution < -0.4 is 10.6 Å². The Labute approximate surface area is 188 Å². The van der Waals surface area contributed by atoms with Crippen LogP contribution in [-0.2, 0) is 14.3 Å². The molecule has 0 saturated heterocycles. The Morgan fingerprint density at radius 2 is 1.53 bits per heavy atom. The summed E-state index contributed by atoms with van der Waals surface area (Å²) >= 11 is 0. The lowest BCUT2D eigenvalue weighted by molar-refractivity contribution is -0.137. The van der Waals surface area contributed by atoms with E-state index in [0.717, 1.165) is 22.3 Å². The van der Waals surface area contributed by atoms with Gasteiger partial charge in [0.25, 0.3) is 0 Å². The molecule has 2 aromatic rings. The van der Waals surface area contributed by atoms with E-state index in [1.165, 1.54) is 0 Å². The number of benzene rings is 2. The Hall–Kier alpha value is -3.35. The van der Waals surface area contributed by atoms with E-state index in [1.807, 2.05) is 38.1 Å². The molecular formula is C25H30N2O5. The minimum absolute atomic E-state index is 0.0331. The molecule has 1 aliphatic rings. The molecular weight excluding hydrogens is 408 g/mol. The number of carbonyl (C=O) groups is 3. The van der Waals surface area contributed by atoms with Crippen LogP contribution in [-0.4, -0.2) is 42.3 Å². The van der Waals surface area contributed by atoms with E-state index in [9.17, 15) is 14.4 Å². The van der Waals surface area contributed by atoms with Crippen molar-refractivity contribution >= 4 is 18.0 Å². The van der Waals surface area contributed by atoms with Crippen LogP contribution in [0.2, 0.25) is 0 Å². The number of fused-ring (bicyclic) bond motifs is 3. The van der Waals surface area contributed by atoms with Gasteiger partial charge < -0.3 is 20.5 Å². The fraction of sp³-hybridized carbons (Fsp3) is 0.400. The van der Waals surface area contributed by atoms with Gasteiger partial charge in [0.15, 0.2) is 0 Å². The summed E-state index contributed by atoms with van der Waals surface area (Å²) in [6, 6.07) is 15.7. The Morgan fingerprint density at radius 1 is 0.969 bits per heavy atom. The first-order valence-electron chi connectivity index (χ1n) is 10.9. The molecule has 2 amide bonds. The molecule has 170 valence electrons. The fourth-order valence-corrected chi connectivity index (χ4v) is 4.14. The van der Waals surface area contributed by atoms with Crippen LogP contribution in [0.5, 0.6) is 0 Å². The summed E-state index contributed by atoms with van der Waals surface area (Å²) in [6.07, 6.45) is -0.736. The van der Waals surface area contributed by atoms with Crippen molar-refractivity contribution in [2.24, 2.45) is 11.8 Å². The van der Waals surface area contributed by atoms with E-state index >= 15 is 0 Å². The first kappa shape index (κ1) is 23.3. The smallest absolute Gasteiger partial charge is 0.407 e. The number of hydrogen-bond donors (Lipinski definition) is 3. The third kappa shape index (κ3) is 5.46. The molecule has 0 fully saturated rings. The SMILES string of the molecule is CC(CC(=O)O)NC(=O)C(CNC(=O)OCC1c2ccccc2-c2ccccc21)C(C)C. The highest BCUT2D eigenvalue weighted by atomic mass is 16.5. The van der Waals surface area contributed by atoms with Crippen molar-refractivity contribution in [1.82, 2.24) is 10.6 Å². The van der Waals surface area contributed by atoms with Gasteiger partial charge in [-0.2, -0.15) is 0 Å². The molecule has 32 heavy (non-hydrogen) atoms. The standard InChI is InChI=1S/C25H30N2O5/c1-15(2)21(24(30)27-16(3)12-23(28)29)13-26-25(31)32-14-22-19-10-6-4-8-17(19)18-9-5-7-11-20(18)22/h4-11,15-16,21-22H,12-14H2,1-3H3,(H,26,31)(H,27,30)(H,28,29). The van der Waals surface area contributed by atoms with Crippen molar-refractivity contribution in [2.45, 2.75) is 39.2 Å². The van der Waals surface area contributed by atoms with Crippen LogP contribution in [0.15, 0.2) is 48.5 Å². The predicted octanol–water partition coefficient (Wildman–Crippen LogP) is 3.78. The summed E-state index contributed by atoms with van der Waals surface area (Å²) in [7, 11) is 0. The summed E-state index contributed by atoms with van der Waals surface area (Å²) in [5, 5.41) is 14.3. The largest absolute Gasteiger partial charge is 0.481 e. The van der Waals surface area contributed by atoms with Crippen LogP contribution in [0.3, 0.4) is 0 Å². The molecule has 3 rings (SSSR count). The quantitative estimate of drug-likeness (QED) is 0.553. The number of rotatable bonds is 9. The zero-order valence-electron chi connectivity index (χ0n) is 18.6. The van der Waals surface area contributed by atoms with Gasteiger partial charge in [0.05, 0.1) is 12.3 Å². The molecule has 2 aromatic carbocycles. The second-order valence-corrected chi connectivity index (χ2v) is 8.56. The van der Waals surface area contributed by atoms with Crippen molar-refractivity contribution in [3.05, 3.63) is 59.7 Å². The molecule has 7 nitrogen and oxygen atoms in total. The van der Waals surface area contributed by atoms with Crippen molar-refractivity contribution in [2.75, 3.05) is 13.2 Å². The molecule has 2 atom stereocenters. The number of ether oxygens (including phenoxy) is 1. The number of carboxylic acids is 1. The van der Waals surface area contributed by atoms with E-state index in [1.54, 1.807) is 6.92 Å². The maximum Gasteiger partial charge on any atom is 0.407 e. The van der Waals surface area contributed by atoms with E-state index in [0.29, 0.717) is 0 Å². The lowest BCUT2D eigenvalue weighted by Crippen LogP contribution is -2.45. The molecule has 0 aromatic heterocycles. The molecule has 2 unspecified atom stereocenters. The average Bonchev–Trinajstić information content (AvgIpc) is 3.05. The van der Waals surface area contributed by atoms with Crippen LogP contribution >= 0.6 is 0 Å². The van der Waals surface area contributed by atoms with E-state index in [4.69, 9.17) is 9.84 Å². The van der Waals surface area contributed by atoms with Crippen LogP contribution in [0, 0.1) is 11.8 Å². The normalized spacial score (nSPS) is 14.2. The molecule has 0 radical (unpaired) electrons. The lowest BCUT2D eigenvalue weighted by atomic mass is 9.94. The van der Waals surface area contributed by atoms with Gasteiger partial charge in [-0.15, -0.1) is 0 Å². The Balaban J connectivity index is 1.56. The highest BCUT2D eigenvalue weighted by molar-refractivity contribution is 5.81. The second-order valence-electron chi connectivity index (χ2n) is 8.56. The fourth-order valence-electron chi connectivity index (χ4n) is 4.14. The Bertz CT molecular complexity index is 942. The highest BCUT2D eigenvalue weighted by Gasteiger charge is 2.29. The van der Waals surface area contributed by atoms with Gasteiger partial charge in [-0.3, -0.25) is 9.59 Å². The second kappa shape index (κ2) is 10.3. The van der Waals surface area contributed by atoms with Crippen molar-refractivity contribution in [1.29, 1.82) is 0 Å². The molecule has 0 bridgehead atoms. The molecule has 0 spiro atoms. The predicted molar refractivity (Wildman–Crippen MR) is 121 cm³/mol. The third-order valence-electron chi connectivity index (χ3n) is 5.82. The van der Waals surface area contributed by atoms with Gasteiger partial charge in [-0.1, -0.05) is 62.4 Å². The van der Waals surface area contributed by atoms with E-state index in [2.05, 4.69) is 34.9 Å². The maximum absolute atomic E-state index is 12.5. The van der Waals surface area contributed by atoms with E-state index < -0.39 is 24.0 Å². The molecule has 1 aliphatic carbocycles. The summed E-state index contributed by atoms with van der Waals surface area (Å²) in [4.78, 5) is 35.8. The first-order valence-corrected chi connectivity index (χ1v) is 10.9. The average molecular weight is 439 g/mol. The third-order valence-corrected chi connectivity index (χ3v) is 5.82. The number of aliphatic carboxylic acids is 1. The maximum atomic E-state index is 12.5. The number of amides is 2. The van der Waals surface area contributed by atoms with Crippen LogP contribution in [0.1, 0.15) is 44.2 Å². The molecule has 7 heteroatoms. The number of hydrogen-bond acceptors (Lipinski definition) is 4. The zero-order valence-corrected chi connectivity index (χ0v) is 18.6.